The molecule has 3 aromatic rings. The van der Waals surface area contributed by atoms with Crippen molar-refractivity contribution in [1.29, 1.82) is 0 Å². The Morgan fingerprint density at radius 3 is 2.38 bits per heavy atom. The molecule has 0 saturated carbocycles. The summed E-state index contributed by atoms with van der Waals surface area (Å²) in [6, 6.07) is 12.6. The summed E-state index contributed by atoms with van der Waals surface area (Å²) >= 11 is 3.36. The molecular weight excluding hydrogens is 443 g/mol. The van der Waals surface area contributed by atoms with Gasteiger partial charge in [-0.2, -0.15) is 0 Å². The monoisotopic (exact) mass is 456 g/mol. The molecule has 2 heterocycles. The van der Waals surface area contributed by atoms with Crippen molar-refractivity contribution in [3.63, 3.8) is 0 Å². The van der Waals surface area contributed by atoms with Crippen molar-refractivity contribution in [3.05, 3.63) is 87.3 Å². The highest BCUT2D eigenvalue weighted by Crippen LogP contribution is 2.42. The van der Waals surface area contributed by atoms with Gasteiger partial charge >= 0.3 is 5.91 Å². The van der Waals surface area contributed by atoms with Crippen LogP contribution in [0.15, 0.2) is 69.2 Å². The van der Waals surface area contributed by atoms with Crippen molar-refractivity contribution in [2.75, 3.05) is 4.90 Å². The van der Waals surface area contributed by atoms with Gasteiger partial charge < -0.3 is 9.63 Å². The second-order valence-corrected chi connectivity index (χ2v) is 7.44. The summed E-state index contributed by atoms with van der Waals surface area (Å²) in [6.07, 6.45) is 0. The van der Waals surface area contributed by atoms with Gasteiger partial charge in [-0.25, -0.2) is 4.39 Å². The van der Waals surface area contributed by atoms with E-state index in [0.29, 0.717) is 11.3 Å². The highest BCUT2D eigenvalue weighted by atomic mass is 79.9. The summed E-state index contributed by atoms with van der Waals surface area (Å²) < 4.78 is 19.2. The second-order valence-electron chi connectivity index (χ2n) is 6.52. The SMILES string of the molecule is Cc1cc(N2C(=O)C(=O)C(=C(O)c3ccc(F)cc3)[C@@H]2c2ccc(Br)cc2)no1. The van der Waals surface area contributed by atoms with Crippen LogP contribution in [0.4, 0.5) is 10.2 Å². The molecule has 2 aromatic carbocycles. The first-order valence-corrected chi connectivity index (χ1v) is 9.42. The van der Waals surface area contributed by atoms with Crippen LogP contribution < -0.4 is 4.90 Å². The zero-order chi connectivity index (χ0) is 20.7. The summed E-state index contributed by atoms with van der Waals surface area (Å²) in [5, 5.41) is 14.7. The van der Waals surface area contributed by atoms with Crippen LogP contribution in [0.1, 0.15) is 22.9 Å². The van der Waals surface area contributed by atoms with Crippen molar-refractivity contribution < 1.29 is 23.6 Å². The fraction of sp³-hybridized carbons (Fsp3) is 0.0952. The lowest BCUT2D eigenvalue weighted by molar-refractivity contribution is -0.132. The molecule has 0 unspecified atom stereocenters. The predicted octanol–water partition coefficient (Wildman–Crippen LogP) is 4.51. The average molecular weight is 457 g/mol. The molecule has 1 aliphatic heterocycles. The van der Waals surface area contributed by atoms with E-state index in [1.165, 1.54) is 35.2 Å². The van der Waals surface area contributed by atoms with Crippen molar-refractivity contribution >= 4 is 39.2 Å². The van der Waals surface area contributed by atoms with E-state index < -0.39 is 23.5 Å². The normalized spacial score (nSPS) is 18.4. The van der Waals surface area contributed by atoms with Crippen molar-refractivity contribution in [1.82, 2.24) is 5.16 Å². The van der Waals surface area contributed by atoms with Gasteiger partial charge in [0.15, 0.2) is 5.82 Å². The Morgan fingerprint density at radius 1 is 1.14 bits per heavy atom. The molecule has 1 atom stereocenters. The minimum Gasteiger partial charge on any atom is -0.507 e. The fourth-order valence-electron chi connectivity index (χ4n) is 3.26. The number of rotatable bonds is 3. The summed E-state index contributed by atoms with van der Waals surface area (Å²) in [5.41, 5.74) is 0.712. The Labute approximate surface area is 173 Å². The number of aliphatic hydroxyl groups is 1. The van der Waals surface area contributed by atoms with E-state index in [0.717, 1.165) is 4.47 Å². The average Bonchev–Trinajstić information content (AvgIpc) is 3.24. The number of ketones is 1. The van der Waals surface area contributed by atoms with Gasteiger partial charge in [0.2, 0.25) is 0 Å². The van der Waals surface area contributed by atoms with E-state index in [4.69, 9.17) is 4.52 Å². The van der Waals surface area contributed by atoms with Crippen molar-refractivity contribution in [2.45, 2.75) is 13.0 Å². The molecule has 4 rings (SSSR count). The summed E-state index contributed by atoms with van der Waals surface area (Å²) in [7, 11) is 0. The lowest BCUT2D eigenvalue weighted by Gasteiger charge is -2.22. The van der Waals surface area contributed by atoms with Crippen LogP contribution in [0.25, 0.3) is 5.76 Å². The molecule has 29 heavy (non-hydrogen) atoms. The molecule has 0 bridgehead atoms. The Hall–Kier alpha value is -3.26. The van der Waals surface area contributed by atoms with Crippen LogP contribution in [0, 0.1) is 12.7 Å². The highest BCUT2D eigenvalue weighted by Gasteiger charge is 2.48. The number of carbonyl (C=O) groups is 2. The van der Waals surface area contributed by atoms with Gasteiger partial charge in [0.05, 0.1) is 11.6 Å². The molecule has 146 valence electrons. The van der Waals surface area contributed by atoms with E-state index in [2.05, 4.69) is 21.1 Å². The zero-order valence-corrected chi connectivity index (χ0v) is 16.7. The number of aliphatic hydroxyl groups excluding tert-OH is 1. The molecule has 1 amide bonds. The molecule has 8 heteroatoms. The lowest BCUT2D eigenvalue weighted by Crippen LogP contribution is -2.29. The minimum atomic E-state index is -0.919. The second kappa shape index (κ2) is 7.29. The number of Topliss-reactive ketones (excluding diaryl/α,β-unsaturated/α-hetero) is 1. The Morgan fingerprint density at radius 2 is 1.79 bits per heavy atom. The Balaban J connectivity index is 1.93. The maximum Gasteiger partial charge on any atom is 0.301 e. The van der Waals surface area contributed by atoms with Gasteiger partial charge in [-0.15, -0.1) is 0 Å². The number of hydrogen-bond acceptors (Lipinski definition) is 5. The summed E-state index contributed by atoms with van der Waals surface area (Å²) in [4.78, 5) is 26.9. The molecular formula is C21H14BrFN2O4. The molecule has 6 nitrogen and oxygen atoms in total. The summed E-state index contributed by atoms with van der Waals surface area (Å²) in [6.45, 7) is 1.67. The van der Waals surface area contributed by atoms with Crippen LogP contribution in [-0.4, -0.2) is 22.0 Å². The van der Waals surface area contributed by atoms with Crippen LogP contribution in [-0.2, 0) is 9.59 Å². The van der Waals surface area contributed by atoms with Gasteiger partial charge in [0.25, 0.3) is 5.78 Å². The maximum atomic E-state index is 13.3. The predicted molar refractivity (Wildman–Crippen MR) is 107 cm³/mol. The first kappa shape index (κ1) is 19.1. The van der Waals surface area contributed by atoms with Gasteiger partial charge in [-0.05, 0) is 48.9 Å². The third-order valence-corrected chi connectivity index (χ3v) is 5.14. The van der Waals surface area contributed by atoms with E-state index >= 15 is 0 Å². The van der Waals surface area contributed by atoms with Crippen molar-refractivity contribution in [2.24, 2.45) is 0 Å². The molecule has 0 aliphatic carbocycles. The quantitative estimate of drug-likeness (QED) is 0.356. The third kappa shape index (κ3) is 3.36. The number of carbonyl (C=O) groups excluding carboxylic acids is 2. The largest absolute Gasteiger partial charge is 0.507 e. The van der Waals surface area contributed by atoms with Crippen LogP contribution in [0.3, 0.4) is 0 Å². The van der Waals surface area contributed by atoms with E-state index in [1.54, 1.807) is 31.2 Å². The number of hydrogen-bond donors (Lipinski definition) is 1. The number of halogens is 2. The number of nitrogens with zero attached hydrogens (tertiary/aromatic N) is 2. The van der Waals surface area contributed by atoms with Crippen LogP contribution >= 0.6 is 15.9 Å². The Bertz CT molecular complexity index is 1140. The van der Waals surface area contributed by atoms with Gasteiger partial charge in [0, 0.05) is 16.1 Å². The van der Waals surface area contributed by atoms with Gasteiger partial charge in [-0.3, -0.25) is 14.5 Å². The topological polar surface area (TPSA) is 83.6 Å². The maximum absolute atomic E-state index is 13.3. The van der Waals surface area contributed by atoms with Gasteiger partial charge in [0.1, 0.15) is 17.3 Å². The number of aromatic nitrogens is 1. The third-order valence-electron chi connectivity index (χ3n) is 4.61. The van der Waals surface area contributed by atoms with Crippen LogP contribution in [0.5, 0.6) is 0 Å². The fourth-order valence-corrected chi connectivity index (χ4v) is 3.52. The highest BCUT2D eigenvalue weighted by molar-refractivity contribution is 9.10. The smallest absolute Gasteiger partial charge is 0.301 e. The number of aryl methyl sites for hydroxylation is 1. The molecule has 1 aromatic heterocycles. The zero-order valence-electron chi connectivity index (χ0n) is 15.1. The van der Waals surface area contributed by atoms with Crippen molar-refractivity contribution in [3.8, 4) is 0 Å². The first-order valence-electron chi connectivity index (χ1n) is 8.62. The number of anilines is 1. The molecule has 1 saturated heterocycles. The van der Waals surface area contributed by atoms with E-state index in [1.807, 2.05) is 0 Å². The lowest BCUT2D eigenvalue weighted by atomic mass is 9.95. The standard InChI is InChI=1S/C21H14BrFN2O4/c1-11-10-16(24-29-11)25-18(12-2-6-14(22)7-3-12)17(20(27)21(25)28)19(26)13-4-8-15(23)9-5-13/h2-10,18,26H,1H3/t18-/m0/s1. The molecule has 1 fully saturated rings. The Kier molecular flexibility index (Phi) is 4.79. The van der Waals surface area contributed by atoms with E-state index in [-0.39, 0.29) is 22.7 Å². The van der Waals surface area contributed by atoms with Crippen LogP contribution in [0.2, 0.25) is 0 Å². The molecule has 0 spiro atoms. The molecule has 0 radical (unpaired) electrons. The van der Waals surface area contributed by atoms with E-state index in [9.17, 15) is 19.1 Å². The van der Waals surface area contributed by atoms with Gasteiger partial charge in [-0.1, -0.05) is 33.2 Å². The number of benzene rings is 2. The number of amides is 1. The molecule has 1 aliphatic rings. The minimum absolute atomic E-state index is 0.107. The summed E-state index contributed by atoms with van der Waals surface area (Å²) in [5.74, 6) is -1.94. The first-order chi connectivity index (χ1) is 13.9. The molecule has 1 N–H and O–H groups in total.